The predicted octanol–water partition coefficient (Wildman–Crippen LogP) is 4.93. The summed E-state index contributed by atoms with van der Waals surface area (Å²) in [6.45, 7) is 5.89. The number of nitrogens with zero attached hydrogens (tertiary/aromatic N) is 6. The summed E-state index contributed by atoms with van der Waals surface area (Å²) in [5.74, 6) is 1.36. The third-order valence-electron chi connectivity index (χ3n) is 4.09. The van der Waals surface area contributed by atoms with Crippen molar-refractivity contribution in [2.45, 2.75) is 31.0 Å². The van der Waals surface area contributed by atoms with Crippen LogP contribution in [0.3, 0.4) is 0 Å². The summed E-state index contributed by atoms with van der Waals surface area (Å²) < 4.78 is 1.77. The van der Waals surface area contributed by atoms with E-state index in [1.807, 2.05) is 26.8 Å². The van der Waals surface area contributed by atoms with Crippen LogP contribution in [0.5, 0.6) is 0 Å². The minimum absolute atomic E-state index is 0.612. The second-order valence-corrected chi connectivity index (χ2v) is 8.89. The lowest BCUT2D eigenvalue weighted by Gasteiger charge is -2.03. The topological polar surface area (TPSA) is 68.9 Å². The van der Waals surface area contributed by atoms with Gasteiger partial charge in [-0.3, -0.25) is 0 Å². The normalized spacial score (nSPS) is 11.7. The van der Waals surface area contributed by atoms with Crippen LogP contribution in [0.2, 0.25) is 0 Å². The molecule has 6 nitrogen and oxygen atoms in total. The van der Waals surface area contributed by atoms with E-state index in [0.29, 0.717) is 10.9 Å². The first-order valence-corrected chi connectivity index (χ1v) is 10.8. The maximum atomic E-state index is 4.70. The average Bonchev–Trinajstić information content (AvgIpc) is 3.32. The quantitative estimate of drug-likeness (QED) is 0.393. The fraction of sp³-hybridized carbons (Fsp3) is 0.167. The highest BCUT2D eigenvalue weighted by atomic mass is 32.2. The number of aromatic nitrogens is 6. The van der Waals surface area contributed by atoms with E-state index in [-0.39, 0.29) is 0 Å². The summed E-state index contributed by atoms with van der Waals surface area (Å²) in [5.41, 5.74) is 3.11. The van der Waals surface area contributed by atoms with Gasteiger partial charge in [0.05, 0.1) is 5.39 Å². The van der Waals surface area contributed by atoms with Crippen molar-refractivity contribution in [2.75, 3.05) is 0 Å². The predicted molar refractivity (Wildman–Crippen MR) is 110 cm³/mol. The molecule has 0 spiro atoms. The minimum Gasteiger partial charge on any atom is -0.226 e. The van der Waals surface area contributed by atoms with Crippen molar-refractivity contribution in [1.82, 2.24) is 29.5 Å². The largest absolute Gasteiger partial charge is 0.253 e. The molecule has 0 aliphatic heterocycles. The smallest absolute Gasteiger partial charge is 0.226 e. The Kier molecular flexibility index (Phi) is 3.96. The number of thiophene rings is 2. The molecule has 9 heteroatoms. The Labute approximate surface area is 167 Å². The van der Waals surface area contributed by atoms with Gasteiger partial charge in [0.25, 0.3) is 5.78 Å². The molecule has 0 aliphatic carbocycles. The number of hydrogen-bond acceptors (Lipinski definition) is 8. The minimum atomic E-state index is 0.612. The van der Waals surface area contributed by atoms with Gasteiger partial charge in [0.15, 0.2) is 0 Å². The SMILES string of the molecule is Cc1cc(C)n2nc(Sc3nc(C)nc4scc(-c5cccs5)c34)nc2n1. The molecule has 5 aromatic rings. The number of rotatable bonds is 3. The van der Waals surface area contributed by atoms with Crippen LogP contribution < -0.4 is 0 Å². The Balaban J connectivity index is 1.67. The van der Waals surface area contributed by atoms with E-state index in [9.17, 15) is 0 Å². The fourth-order valence-corrected chi connectivity index (χ4v) is 5.76. The molecule has 0 amide bonds. The molecule has 0 bridgehead atoms. The molecule has 0 saturated carbocycles. The van der Waals surface area contributed by atoms with E-state index >= 15 is 0 Å². The van der Waals surface area contributed by atoms with Gasteiger partial charge in [0.2, 0.25) is 5.16 Å². The molecule has 27 heavy (non-hydrogen) atoms. The van der Waals surface area contributed by atoms with Gasteiger partial charge in [-0.1, -0.05) is 6.07 Å². The van der Waals surface area contributed by atoms with E-state index in [0.717, 1.165) is 32.5 Å². The van der Waals surface area contributed by atoms with Crippen LogP contribution in [0.25, 0.3) is 26.4 Å². The van der Waals surface area contributed by atoms with Crippen LogP contribution >= 0.6 is 34.4 Å². The van der Waals surface area contributed by atoms with Gasteiger partial charge in [-0.05, 0) is 50.0 Å². The van der Waals surface area contributed by atoms with E-state index < -0.39 is 0 Å². The second kappa shape index (κ2) is 6.36. The van der Waals surface area contributed by atoms with E-state index in [1.54, 1.807) is 27.2 Å². The average molecular weight is 411 g/mol. The highest BCUT2D eigenvalue weighted by Crippen LogP contribution is 2.41. The molecule has 0 radical (unpaired) electrons. The van der Waals surface area contributed by atoms with Crippen molar-refractivity contribution in [1.29, 1.82) is 0 Å². The zero-order valence-electron chi connectivity index (χ0n) is 14.8. The molecule has 5 aromatic heterocycles. The van der Waals surface area contributed by atoms with Crippen LogP contribution in [0.15, 0.2) is 39.1 Å². The summed E-state index contributed by atoms with van der Waals surface area (Å²) >= 11 is 4.83. The van der Waals surface area contributed by atoms with Crippen LogP contribution in [-0.2, 0) is 0 Å². The number of fused-ring (bicyclic) bond motifs is 2. The third kappa shape index (κ3) is 2.91. The van der Waals surface area contributed by atoms with Gasteiger partial charge in [-0.15, -0.1) is 27.8 Å². The first-order chi connectivity index (χ1) is 13.1. The van der Waals surface area contributed by atoms with Gasteiger partial charge in [-0.2, -0.15) is 4.98 Å². The standard InChI is InChI=1S/C18H14N6S3/c1-9-7-10(2)24-17(19-9)22-18(23-24)27-16-14-12(13-5-4-6-25-13)8-26-15(14)20-11(3)21-16/h4-8H,1-3H3. The fourth-order valence-electron chi connectivity index (χ4n) is 2.98. The lowest BCUT2D eigenvalue weighted by atomic mass is 10.2. The third-order valence-corrected chi connectivity index (χ3v) is 6.71. The van der Waals surface area contributed by atoms with Gasteiger partial charge >= 0.3 is 0 Å². The highest BCUT2D eigenvalue weighted by Gasteiger charge is 2.18. The summed E-state index contributed by atoms with van der Waals surface area (Å²) in [5, 5.41) is 11.4. The summed E-state index contributed by atoms with van der Waals surface area (Å²) in [6, 6.07) is 6.18. The molecule has 5 heterocycles. The second-order valence-electron chi connectivity index (χ2n) is 6.13. The molecule has 0 unspecified atom stereocenters. The number of hydrogen-bond donors (Lipinski definition) is 0. The van der Waals surface area contributed by atoms with Crippen LogP contribution in [-0.4, -0.2) is 29.5 Å². The Morgan fingerprint density at radius 3 is 2.74 bits per heavy atom. The van der Waals surface area contributed by atoms with E-state index in [4.69, 9.17) is 4.98 Å². The van der Waals surface area contributed by atoms with Crippen LogP contribution in [0.4, 0.5) is 0 Å². The molecule has 0 aliphatic rings. The van der Waals surface area contributed by atoms with Gasteiger partial charge in [0, 0.05) is 27.2 Å². The summed E-state index contributed by atoms with van der Waals surface area (Å²) in [7, 11) is 0. The van der Waals surface area contributed by atoms with Crippen molar-refractivity contribution >= 4 is 50.4 Å². The van der Waals surface area contributed by atoms with Crippen molar-refractivity contribution < 1.29 is 0 Å². The lowest BCUT2D eigenvalue weighted by molar-refractivity contribution is 0.842. The molecule has 134 valence electrons. The monoisotopic (exact) mass is 410 g/mol. The molecular formula is C18H14N6S3. The maximum Gasteiger partial charge on any atom is 0.253 e. The Bertz CT molecular complexity index is 1290. The molecule has 0 aromatic carbocycles. The highest BCUT2D eigenvalue weighted by molar-refractivity contribution is 7.99. The number of aryl methyl sites for hydroxylation is 3. The van der Waals surface area contributed by atoms with Crippen LogP contribution in [0.1, 0.15) is 17.2 Å². The Morgan fingerprint density at radius 2 is 1.93 bits per heavy atom. The zero-order chi connectivity index (χ0) is 18.5. The van der Waals surface area contributed by atoms with Crippen molar-refractivity contribution in [3.8, 4) is 10.4 Å². The van der Waals surface area contributed by atoms with Crippen LogP contribution in [0, 0.1) is 20.8 Å². The van der Waals surface area contributed by atoms with Crippen molar-refractivity contribution in [3.05, 3.63) is 46.2 Å². The molecule has 0 fully saturated rings. The molecule has 0 N–H and O–H groups in total. The van der Waals surface area contributed by atoms with Gasteiger partial charge < -0.3 is 0 Å². The zero-order valence-corrected chi connectivity index (χ0v) is 17.2. The van der Waals surface area contributed by atoms with E-state index in [1.165, 1.54) is 22.2 Å². The van der Waals surface area contributed by atoms with Crippen molar-refractivity contribution in [2.24, 2.45) is 0 Å². The van der Waals surface area contributed by atoms with Gasteiger partial charge in [0.1, 0.15) is 15.7 Å². The maximum absolute atomic E-state index is 4.70. The van der Waals surface area contributed by atoms with Crippen molar-refractivity contribution in [3.63, 3.8) is 0 Å². The van der Waals surface area contributed by atoms with Gasteiger partial charge in [-0.25, -0.2) is 19.5 Å². The molecule has 0 atom stereocenters. The first kappa shape index (κ1) is 16.8. The Hall–Kier alpha value is -2.36. The summed E-state index contributed by atoms with van der Waals surface area (Å²) in [4.78, 5) is 20.6. The first-order valence-electron chi connectivity index (χ1n) is 8.27. The van der Waals surface area contributed by atoms with E-state index in [2.05, 4.69) is 42.9 Å². The molecule has 0 saturated heterocycles. The molecule has 5 rings (SSSR count). The summed E-state index contributed by atoms with van der Waals surface area (Å²) in [6.07, 6.45) is 0. The Morgan fingerprint density at radius 1 is 1.04 bits per heavy atom. The lowest BCUT2D eigenvalue weighted by Crippen LogP contribution is -1.97. The molecular weight excluding hydrogens is 396 g/mol.